The molecule has 12 N–H and O–H groups in total. The van der Waals surface area contributed by atoms with Gasteiger partial charge in [-0.1, -0.05) is 0 Å². The minimum absolute atomic E-state index is 0. The molecule has 20 nitrogen and oxygen atoms in total. The predicted octanol–water partition coefficient (Wildman–Crippen LogP) is -5.43. The Kier molecular flexibility index (Phi) is 108. The zero-order valence-corrected chi connectivity index (χ0v) is 15.3. The van der Waals surface area contributed by atoms with Crippen molar-refractivity contribution in [2.45, 2.75) is 12.8 Å². The van der Waals surface area contributed by atoms with E-state index < -0.39 is 15.3 Å². The van der Waals surface area contributed by atoms with E-state index in [2.05, 4.69) is 0 Å². The van der Waals surface area contributed by atoms with Crippen LogP contribution in [0.25, 0.3) is 0 Å². The molecular formula is C5H21EuN4O16. The number of likely N-dealkylation sites (tertiary alicyclic amines) is 1. The van der Waals surface area contributed by atoms with E-state index in [1.54, 1.807) is 4.90 Å². The van der Waals surface area contributed by atoms with Gasteiger partial charge in [-0.15, -0.1) is 0 Å². The molecular weight excluding hydrogens is 524 g/mol. The van der Waals surface area contributed by atoms with Crippen molar-refractivity contribution in [2.24, 2.45) is 0 Å². The molecule has 0 aromatic heterocycles. The van der Waals surface area contributed by atoms with Gasteiger partial charge in [0.15, 0.2) is 0 Å². The van der Waals surface area contributed by atoms with Crippen LogP contribution in [0.15, 0.2) is 0 Å². The van der Waals surface area contributed by atoms with Gasteiger partial charge in [-0.2, -0.15) is 0 Å². The Hall–Kier alpha value is -1.59. The summed E-state index contributed by atoms with van der Waals surface area (Å²) in [4.78, 5) is 37.0. The molecule has 0 bridgehead atoms. The first-order valence-electron chi connectivity index (χ1n) is 4.19. The Bertz CT molecular complexity index is 276. The summed E-state index contributed by atoms with van der Waals surface area (Å²) >= 11 is 0. The molecule has 1 fully saturated rings. The summed E-state index contributed by atoms with van der Waals surface area (Å²) in [5.41, 5.74) is 0. The number of hydrogen-bond donors (Lipinski definition) is 0. The van der Waals surface area contributed by atoms with Crippen LogP contribution in [-0.2, 0) is 4.79 Å². The Morgan fingerprint density at radius 1 is 0.731 bits per heavy atom. The number of nitrogens with zero attached hydrogens (tertiary/aromatic N) is 4. The van der Waals surface area contributed by atoms with Crippen LogP contribution in [0.5, 0.6) is 0 Å². The molecule has 21 heteroatoms. The van der Waals surface area contributed by atoms with Crippen molar-refractivity contribution in [1.82, 2.24) is 4.90 Å². The normalized spacial score (nSPS) is 8.50. The number of rotatable bonds is 0. The Labute approximate surface area is 184 Å². The van der Waals surface area contributed by atoms with Gasteiger partial charge in [-0.25, -0.2) is 0 Å². The van der Waals surface area contributed by atoms with E-state index in [-0.39, 0.29) is 82.2 Å². The molecule has 164 valence electrons. The second-order valence-corrected chi connectivity index (χ2v) is 2.59. The first kappa shape index (κ1) is 64.4. The first-order chi connectivity index (χ1) is 8.50. The summed E-state index contributed by atoms with van der Waals surface area (Å²) < 4.78 is 0. The van der Waals surface area contributed by atoms with Crippen LogP contribution in [0.3, 0.4) is 0 Å². The zero-order valence-electron chi connectivity index (χ0n) is 12.9. The third-order valence-electron chi connectivity index (χ3n) is 1.31. The molecule has 26 heavy (non-hydrogen) atoms. The summed E-state index contributed by atoms with van der Waals surface area (Å²) in [5.74, 6) is 0.292. The van der Waals surface area contributed by atoms with Gasteiger partial charge in [0.2, 0.25) is 5.91 Å². The van der Waals surface area contributed by atoms with Crippen LogP contribution in [-0.4, -0.2) is 72.5 Å². The topological polar surface area (TPSA) is 408 Å². The fraction of sp³-hybridized carbons (Fsp3) is 0.800. The first-order valence-corrected chi connectivity index (χ1v) is 4.19. The molecule has 0 radical (unpaired) electrons. The van der Waals surface area contributed by atoms with E-state index >= 15 is 0 Å². The predicted molar refractivity (Wildman–Crippen MR) is 79.6 cm³/mol. The van der Waals surface area contributed by atoms with Gasteiger partial charge < -0.3 is 83.7 Å². The van der Waals surface area contributed by atoms with Crippen LogP contribution in [0.1, 0.15) is 12.8 Å². The van der Waals surface area contributed by atoms with E-state index in [4.69, 9.17) is 46.0 Å². The van der Waals surface area contributed by atoms with Gasteiger partial charge in [0.25, 0.3) is 0 Å². The van der Waals surface area contributed by atoms with Gasteiger partial charge in [0.1, 0.15) is 0 Å². The van der Waals surface area contributed by atoms with Crippen LogP contribution in [0, 0.1) is 95.3 Å². The van der Waals surface area contributed by atoms with Crippen molar-refractivity contribution in [1.29, 1.82) is 0 Å². The molecule has 0 saturated carbocycles. The maximum atomic E-state index is 10.5. The summed E-state index contributed by atoms with van der Waals surface area (Å²) in [5, 5.41) is 44.2. The minimum atomic E-state index is -1.75. The zero-order chi connectivity index (χ0) is 16.0. The van der Waals surface area contributed by atoms with Crippen LogP contribution < -0.4 is 0 Å². The molecule has 0 unspecified atom stereocenters. The van der Waals surface area contributed by atoms with Crippen molar-refractivity contribution >= 4 is 5.91 Å². The molecule has 0 aromatic carbocycles. The smallest absolute Gasteiger partial charge is 0.412 e. The van der Waals surface area contributed by atoms with Crippen LogP contribution >= 0.6 is 0 Å². The molecule has 0 aromatic rings. The molecule has 1 rings (SSSR count). The van der Waals surface area contributed by atoms with E-state index in [9.17, 15) is 4.79 Å². The summed E-state index contributed by atoms with van der Waals surface area (Å²) in [6.07, 6.45) is 1.81. The SMILES string of the molecule is CN1CCCC1=O.O.O.O.O.O.O.O=[N+]([O-])[O-].O=[N+]([O-])[O-].O=[N+]([O-])[O-].[Eu+3]. The number of amides is 1. The molecule has 0 atom stereocenters. The molecule has 1 aliphatic rings. The second-order valence-electron chi connectivity index (χ2n) is 2.59. The molecule has 0 spiro atoms. The summed E-state index contributed by atoms with van der Waals surface area (Å²) in [6, 6.07) is 0. The van der Waals surface area contributed by atoms with Gasteiger partial charge in [-0.3, -0.25) is 4.79 Å². The number of carbonyl (C=O) groups excluding carboxylic acids is 1. The maximum Gasteiger partial charge on any atom is 3.00 e. The van der Waals surface area contributed by atoms with Crippen molar-refractivity contribution in [3.8, 4) is 0 Å². The van der Waals surface area contributed by atoms with E-state index in [1.165, 1.54) is 0 Å². The maximum absolute atomic E-state index is 10.5. The van der Waals surface area contributed by atoms with Gasteiger partial charge >= 0.3 is 49.4 Å². The molecule has 1 heterocycles. The summed E-state index contributed by atoms with van der Waals surface area (Å²) in [7, 11) is 1.84. The van der Waals surface area contributed by atoms with E-state index in [0.29, 0.717) is 5.91 Å². The van der Waals surface area contributed by atoms with E-state index in [1.807, 2.05) is 7.05 Å². The Balaban J connectivity index is -0.0000000156. The van der Waals surface area contributed by atoms with E-state index in [0.717, 1.165) is 19.4 Å². The second kappa shape index (κ2) is 43.7. The van der Waals surface area contributed by atoms with Crippen molar-refractivity contribution < 1.29 is 102 Å². The van der Waals surface area contributed by atoms with Crippen LogP contribution in [0.2, 0.25) is 0 Å². The molecule has 0 aliphatic carbocycles. The third kappa shape index (κ3) is 145. The quantitative estimate of drug-likeness (QED) is 0.205. The van der Waals surface area contributed by atoms with Gasteiger partial charge in [0, 0.05) is 20.0 Å². The van der Waals surface area contributed by atoms with Crippen molar-refractivity contribution in [3.05, 3.63) is 46.0 Å². The van der Waals surface area contributed by atoms with Crippen molar-refractivity contribution in [2.75, 3.05) is 13.6 Å². The number of carbonyl (C=O) groups is 1. The van der Waals surface area contributed by atoms with Gasteiger partial charge in [0.05, 0.1) is 15.3 Å². The number of hydrogen-bond acceptors (Lipinski definition) is 10. The Morgan fingerprint density at radius 2 is 0.923 bits per heavy atom. The van der Waals surface area contributed by atoms with Crippen molar-refractivity contribution in [3.63, 3.8) is 0 Å². The third-order valence-corrected chi connectivity index (χ3v) is 1.31. The minimum Gasteiger partial charge on any atom is -0.412 e. The van der Waals surface area contributed by atoms with Crippen LogP contribution in [0.4, 0.5) is 0 Å². The largest absolute Gasteiger partial charge is 3.00 e. The molecule has 1 aliphatic heterocycles. The average Bonchev–Trinajstić information content (AvgIpc) is 2.47. The fourth-order valence-electron chi connectivity index (χ4n) is 0.783. The fourth-order valence-corrected chi connectivity index (χ4v) is 0.783. The molecule has 1 amide bonds. The Morgan fingerprint density at radius 3 is 0.962 bits per heavy atom. The molecule has 1 saturated heterocycles. The van der Waals surface area contributed by atoms with Gasteiger partial charge in [-0.05, 0) is 6.42 Å². The average molecular weight is 545 g/mol. The monoisotopic (exact) mass is 546 g/mol. The summed E-state index contributed by atoms with van der Waals surface area (Å²) in [6.45, 7) is 0.957. The standard InChI is InChI=1S/C5H9NO.Eu.3NO3.6H2O/c1-6-4-2-3-5(6)7;;3*2-1(3)4;;;;;;/h2-4H2,1H3;;;;;6*1H2/q;+3;3*-1;;;;;;.